The molecule has 0 amide bonds. The molecule has 2 rings (SSSR count). The zero-order chi connectivity index (χ0) is 14.5. The molecule has 0 saturated heterocycles. The van der Waals surface area contributed by atoms with Crippen LogP contribution in [0, 0.1) is 0 Å². The second-order valence-corrected chi connectivity index (χ2v) is 5.41. The number of nitrogens with zero attached hydrogens (tertiary/aromatic N) is 2. The number of aromatic nitrogens is 2. The van der Waals surface area contributed by atoms with Crippen LogP contribution in [0.15, 0.2) is 29.1 Å². The molecule has 1 heterocycles. The van der Waals surface area contributed by atoms with Crippen molar-refractivity contribution >= 4 is 22.5 Å². The van der Waals surface area contributed by atoms with Gasteiger partial charge in [-0.05, 0) is 31.9 Å². The van der Waals surface area contributed by atoms with E-state index in [-0.39, 0.29) is 10.9 Å². The van der Waals surface area contributed by atoms with Gasteiger partial charge in [-0.3, -0.25) is 9.36 Å². The number of methoxy groups -OCH3 is 1. The SMILES string of the molecule is COCCCCn1c(C(C)Cl)nc2ccccc2c1=O. The molecule has 20 heavy (non-hydrogen) atoms. The molecule has 0 aliphatic carbocycles. The molecule has 0 fully saturated rings. The molecule has 0 aliphatic heterocycles. The zero-order valence-corrected chi connectivity index (χ0v) is 12.6. The van der Waals surface area contributed by atoms with Crippen molar-refractivity contribution in [3.63, 3.8) is 0 Å². The average molecular weight is 295 g/mol. The van der Waals surface area contributed by atoms with E-state index in [4.69, 9.17) is 16.3 Å². The Bertz CT molecular complexity index is 637. The monoisotopic (exact) mass is 294 g/mol. The lowest BCUT2D eigenvalue weighted by Gasteiger charge is -2.14. The number of unbranched alkanes of at least 4 members (excludes halogenated alkanes) is 1. The Hall–Kier alpha value is -1.39. The van der Waals surface area contributed by atoms with E-state index in [2.05, 4.69) is 4.98 Å². The highest BCUT2D eigenvalue weighted by atomic mass is 35.5. The van der Waals surface area contributed by atoms with Gasteiger partial charge in [0.25, 0.3) is 5.56 Å². The van der Waals surface area contributed by atoms with Gasteiger partial charge in [0.1, 0.15) is 5.82 Å². The highest BCUT2D eigenvalue weighted by Gasteiger charge is 2.14. The van der Waals surface area contributed by atoms with Crippen LogP contribution >= 0.6 is 11.6 Å². The summed E-state index contributed by atoms with van der Waals surface area (Å²) in [6, 6.07) is 7.37. The number of benzene rings is 1. The first-order valence-corrected chi connectivity index (χ1v) is 7.21. The largest absolute Gasteiger partial charge is 0.385 e. The first-order chi connectivity index (χ1) is 9.65. The smallest absolute Gasteiger partial charge is 0.261 e. The Labute approximate surface area is 123 Å². The fraction of sp³-hybridized carbons (Fsp3) is 0.467. The van der Waals surface area contributed by atoms with Crippen molar-refractivity contribution in [2.24, 2.45) is 0 Å². The van der Waals surface area contributed by atoms with Crippen LogP contribution in [0.5, 0.6) is 0 Å². The van der Waals surface area contributed by atoms with Crippen LogP contribution in [-0.4, -0.2) is 23.3 Å². The van der Waals surface area contributed by atoms with Gasteiger partial charge in [0.05, 0.1) is 16.3 Å². The summed E-state index contributed by atoms with van der Waals surface area (Å²) in [5.74, 6) is 0.632. The van der Waals surface area contributed by atoms with Crippen LogP contribution in [0.1, 0.15) is 31.0 Å². The Morgan fingerprint density at radius 2 is 2.10 bits per heavy atom. The minimum atomic E-state index is -0.297. The quantitative estimate of drug-likeness (QED) is 0.607. The van der Waals surface area contributed by atoms with Crippen LogP contribution in [-0.2, 0) is 11.3 Å². The molecule has 1 aromatic heterocycles. The maximum absolute atomic E-state index is 12.6. The van der Waals surface area contributed by atoms with E-state index in [9.17, 15) is 4.79 Å². The second kappa shape index (κ2) is 6.86. The minimum Gasteiger partial charge on any atom is -0.385 e. The Balaban J connectivity index is 2.41. The van der Waals surface area contributed by atoms with Crippen molar-refractivity contribution < 1.29 is 4.74 Å². The molecule has 2 aromatic rings. The van der Waals surface area contributed by atoms with Gasteiger partial charge in [0.15, 0.2) is 0 Å². The van der Waals surface area contributed by atoms with E-state index in [1.165, 1.54) is 0 Å². The number of fused-ring (bicyclic) bond motifs is 1. The van der Waals surface area contributed by atoms with Crippen molar-refractivity contribution in [3.05, 3.63) is 40.4 Å². The van der Waals surface area contributed by atoms with Crippen molar-refractivity contribution in [2.75, 3.05) is 13.7 Å². The van der Waals surface area contributed by atoms with Gasteiger partial charge < -0.3 is 4.74 Å². The van der Waals surface area contributed by atoms with Gasteiger partial charge >= 0.3 is 0 Å². The molecule has 0 saturated carbocycles. The van der Waals surface area contributed by atoms with Crippen molar-refractivity contribution in [3.8, 4) is 0 Å². The van der Waals surface area contributed by atoms with Crippen molar-refractivity contribution in [1.82, 2.24) is 9.55 Å². The summed E-state index contributed by atoms with van der Waals surface area (Å²) in [5.41, 5.74) is 0.684. The molecule has 0 bridgehead atoms. The first kappa shape index (κ1) is 15.0. The fourth-order valence-electron chi connectivity index (χ4n) is 2.22. The van der Waals surface area contributed by atoms with E-state index < -0.39 is 0 Å². The maximum atomic E-state index is 12.6. The van der Waals surface area contributed by atoms with Gasteiger partial charge in [0, 0.05) is 20.3 Å². The van der Waals surface area contributed by atoms with E-state index in [0.717, 1.165) is 12.8 Å². The molecule has 108 valence electrons. The standard InChI is InChI=1S/C15H19ClN2O2/c1-11(16)14-17-13-8-4-3-7-12(13)15(19)18(14)9-5-6-10-20-2/h3-4,7-8,11H,5-6,9-10H2,1-2H3. The summed E-state index contributed by atoms with van der Waals surface area (Å²) < 4.78 is 6.72. The van der Waals surface area contributed by atoms with Crippen LogP contribution < -0.4 is 5.56 Å². The Morgan fingerprint density at radius 3 is 2.80 bits per heavy atom. The topological polar surface area (TPSA) is 44.1 Å². The van der Waals surface area contributed by atoms with E-state index in [0.29, 0.717) is 29.9 Å². The predicted molar refractivity (Wildman–Crippen MR) is 81.4 cm³/mol. The lowest BCUT2D eigenvalue weighted by molar-refractivity contribution is 0.191. The number of halogens is 1. The maximum Gasteiger partial charge on any atom is 0.261 e. The number of rotatable bonds is 6. The van der Waals surface area contributed by atoms with E-state index in [1.54, 1.807) is 17.7 Å². The van der Waals surface area contributed by atoms with E-state index >= 15 is 0 Å². The summed E-state index contributed by atoms with van der Waals surface area (Å²) in [6.07, 6.45) is 1.77. The molecule has 0 N–H and O–H groups in total. The third kappa shape index (κ3) is 3.19. The number of para-hydroxylation sites is 1. The minimum absolute atomic E-state index is 0.0180. The molecule has 0 spiro atoms. The third-order valence-electron chi connectivity index (χ3n) is 3.23. The first-order valence-electron chi connectivity index (χ1n) is 6.77. The normalized spacial score (nSPS) is 12.8. The van der Waals surface area contributed by atoms with Gasteiger partial charge in [-0.15, -0.1) is 11.6 Å². The van der Waals surface area contributed by atoms with Crippen LogP contribution in [0.25, 0.3) is 10.9 Å². The van der Waals surface area contributed by atoms with E-state index in [1.807, 2.05) is 25.1 Å². The Morgan fingerprint density at radius 1 is 1.35 bits per heavy atom. The molecule has 0 radical (unpaired) electrons. The highest BCUT2D eigenvalue weighted by Crippen LogP contribution is 2.19. The van der Waals surface area contributed by atoms with Crippen molar-refractivity contribution in [2.45, 2.75) is 31.7 Å². The van der Waals surface area contributed by atoms with Crippen LogP contribution in [0.2, 0.25) is 0 Å². The van der Waals surface area contributed by atoms with Crippen LogP contribution in [0.3, 0.4) is 0 Å². The summed E-state index contributed by atoms with van der Waals surface area (Å²) in [7, 11) is 1.68. The number of alkyl halides is 1. The lowest BCUT2D eigenvalue weighted by atomic mass is 10.2. The molecule has 1 aromatic carbocycles. The fourth-order valence-corrected chi connectivity index (χ4v) is 2.39. The molecule has 1 atom stereocenters. The van der Waals surface area contributed by atoms with Gasteiger partial charge in [0.2, 0.25) is 0 Å². The summed E-state index contributed by atoms with van der Waals surface area (Å²) in [5, 5.41) is 0.343. The number of ether oxygens (including phenoxy) is 1. The molecule has 4 nitrogen and oxygen atoms in total. The summed E-state index contributed by atoms with van der Waals surface area (Å²) in [6.45, 7) is 3.15. The molecular formula is C15H19ClN2O2. The molecule has 5 heteroatoms. The Kier molecular flexibility index (Phi) is 5.15. The molecule has 1 unspecified atom stereocenters. The van der Waals surface area contributed by atoms with Gasteiger partial charge in [-0.25, -0.2) is 4.98 Å². The van der Waals surface area contributed by atoms with Gasteiger partial charge in [-0.1, -0.05) is 12.1 Å². The highest BCUT2D eigenvalue weighted by molar-refractivity contribution is 6.20. The second-order valence-electron chi connectivity index (χ2n) is 4.76. The van der Waals surface area contributed by atoms with Gasteiger partial charge in [-0.2, -0.15) is 0 Å². The molecular weight excluding hydrogens is 276 g/mol. The molecule has 0 aliphatic rings. The van der Waals surface area contributed by atoms with Crippen molar-refractivity contribution in [1.29, 1.82) is 0 Å². The summed E-state index contributed by atoms with van der Waals surface area (Å²) in [4.78, 5) is 17.1. The number of hydrogen-bond acceptors (Lipinski definition) is 3. The summed E-state index contributed by atoms with van der Waals surface area (Å²) >= 11 is 6.17. The average Bonchev–Trinajstić information content (AvgIpc) is 2.45. The zero-order valence-electron chi connectivity index (χ0n) is 11.8. The predicted octanol–water partition coefficient (Wildman–Crippen LogP) is 3.12. The third-order valence-corrected chi connectivity index (χ3v) is 3.42. The van der Waals surface area contributed by atoms with Crippen LogP contribution in [0.4, 0.5) is 0 Å². The lowest BCUT2D eigenvalue weighted by Crippen LogP contribution is -2.26. The number of hydrogen-bond donors (Lipinski definition) is 0.